The zero-order chi connectivity index (χ0) is 8.48. The van der Waals surface area contributed by atoms with Crippen LogP contribution in [0.5, 0.6) is 0 Å². The van der Waals surface area contributed by atoms with Crippen LogP contribution in [0.15, 0.2) is 5.16 Å². The Hall–Kier alpha value is -0.530. The molecule has 0 fully saturated rings. The minimum absolute atomic E-state index is 0.0156. The molecule has 0 aromatic rings. The van der Waals surface area contributed by atoms with Crippen LogP contribution in [-0.4, -0.2) is 11.3 Å². The van der Waals surface area contributed by atoms with Gasteiger partial charge in [-0.25, -0.2) is 0 Å². The van der Waals surface area contributed by atoms with Gasteiger partial charge in [-0.3, -0.25) is 0 Å². The minimum atomic E-state index is -0.0156. The Morgan fingerprint density at radius 3 is 2.64 bits per heavy atom. The molecule has 0 radical (unpaired) electrons. The summed E-state index contributed by atoms with van der Waals surface area (Å²) in [6, 6.07) is 0. The minimum Gasteiger partial charge on any atom is -0.389 e. The standard InChI is InChI=1S/C9H17NO/c1-7(2)5-9(4)6-8(3)10-11-9/h7H,5-6H2,1-4H3. The molecule has 0 N–H and O–H groups in total. The van der Waals surface area contributed by atoms with Gasteiger partial charge in [0.2, 0.25) is 0 Å². The monoisotopic (exact) mass is 155 g/mol. The lowest BCUT2D eigenvalue weighted by Crippen LogP contribution is -2.26. The van der Waals surface area contributed by atoms with Gasteiger partial charge in [0.1, 0.15) is 5.60 Å². The summed E-state index contributed by atoms with van der Waals surface area (Å²) in [4.78, 5) is 5.35. The Kier molecular flexibility index (Phi) is 2.21. The molecule has 0 aromatic heterocycles. The molecule has 0 saturated heterocycles. The Morgan fingerprint density at radius 1 is 1.64 bits per heavy atom. The van der Waals surface area contributed by atoms with E-state index in [1.807, 2.05) is 6.92 Å². The van der Waals surface area contributed by atoms with Crippen molar-refractivity contribution in [3.8, 4) is 0 Å². The van der Waals surface area contributed by atoms with Gasteiger partial charge in [-0.15, -0.1) is 0 Å². The maximum absolute atomic E-state index is 5.35. The zero-order valence-corrected chi connectivity index (χ0v) is 7.85. The quantitative estimate of drug-likeness (QED) is 0.600. The van der Waals surface area contributed by atoms with E-state index in [-0.39, 0.29) is 5.60 Å². The van der Waals surface area contributed by atoms with Gasteiger partial charge >= 0.3 is 0 Å². The van der Waals surface area contributed by atoms with Gasteiger partial charge in [-0.05, 0) is 26.2 Å². The second-order valence-corrected chi connectivity index (χ2v) is 4.14. The summed E-state index contributed by atoms with van der Waals surface area (Å²) in [7, 11) is 0. The molecule has 1 aliphatic rings. The number of nitrogens with zero attached hydrogens (tertiary/aromatic N) is 1. The Bertz CT molecular complexity index is 174. The average molecular weight is 155 g/mol. The Balaban J connectivity index is 2.46. The maximum Gasteiger partial charge on any atom is 0.140 e. The summed E-state index contributed by atoms with van der Waals surface area (Å²) in [6.07, 6.45) is 2.08. The average Bonchev–Trinajstić information content (AvgIpc) is 2.08. The van der Waals surface area contributed by atoms with Crippen LogP contribution in [0.1, 0.15) is 40.5 Å². The lowest BCUT2D eigenvalue weighted by atomic mass is 9.90. The van der Waals surface area contributed by atoms with Gasteiger partial charge in [-0.2, -0.15) is 0 Å². The summed E-state index contributed by atoms with van der Waals surface area (Å²) >= 11 is 0. The van der Waals surface area contributed by atoms with E-state index < -0.39 is 0 Å². The van der Waals surface area contributed by atoms with Crippen molar-refractivity contribution < 1.29 is 4.84 Å². The lowest BCUT2D eigenvalue weighted by Gasteiger charge is -2.23. The van der Waals surface area contributed by atoms with Crippen molar-refractivity contribution in [3.63, 3.8) is 0 Å². The van der Waals surface area contributed by atoms with E-state index in [1.54, 1.807) is 0 Å². The van der Waals surface area contributed by atoms with E-state index in [4.69, 9.17) is 4.84 Å². The molecule has 1 unspecified atom stereocenters. The van der Waals surface area contributed by atoms with E-state index in [9.17, 15) is 0 Å². The molecule has 1 heterocycles. The molecule has 0 aromatic carbocycles. The Morgan fingerprint density at radius 2 is 2.27 bits per heavy atom. The number of rotatable bonds is 2. The molecular formula is C9H17NO. The van der Waals surface area contributed by atoms with E-state index in [0.29, 0.717) is 5.92 Å². The molecule has 0 amide bonds. The smallest absolute Gasteiger partial charge is 0.140 e. The summed E-state index contributed by atoms with van der Waals surface area (Å²) < 4.78 is 0. The highest BCUT2D eigenvalue weighted by Crippen LogP contribution is 2.29. The molecule has 2 nitrogen and oxygen atoms in total. The fourth-order valence-electron chi connectivity index (χ4n) is 1.77. The molecular weight excluding hydrogens is 138 g/mol. The number of oxime groups is 1. The third-order valence-electron chi connectivity index (χ3n) is 1.89. The normalized spacial score (nSPS) is 30.5. The summed E-state index contributed by atoms with van der Waals surface area (Å²) in [6.45, 7) is 8.57. The molecule has 0 aliphatic carbocycles. The van der Waals surface area contributed by atoms with Crippen LogP contribution < -0.4 is 0 Å². The second kappa shape index (κ2) is 2.84. The predicted octanol–water partition coefficient (Wildman–Crippen LogP) is 2.59. The van der Waals surface area contributed by atoms with Gasteiger partial charge < -0.3 is 4.84 Å². The van der Waals surface area contributed by atoms with Crippen LogP contribution in [0.4, 0.5) is 0 Å². The first-order valence-electron chi connectivity index (χ1n) is 4.23. The highest BCUT2D eigenvalue weighted by Gasteiger charge is 2.32. The van der Waals surface area contributed by atoms with E-state index in [2.05, 4.69) is 25.9 Å². The SMILES string of the molecule is CC1=NOC(C)(CC(C)C)C1. The highest BCUT2D eigenvalue weighted by atomic mass is 16.7. The van der Waals surface area contributed by atoms with Crippen molar-refractivity contribution in [3.05, 3.63) is 0 Å². The Labute approximate surface area is 68.6 Å². The fourth-order valence-corrected chi connectivity index (χ4v) is 1.77. The van der Waals surface area contributed by atoms with Gasteiger partial charge in [0, 0.05) is 6.42 Å². The van der Waals surface area contributed by atoms with Crippen molar-refractivity contribution in [2.75, 3.05) is 0 Å². The van der Waals surface area contributed by atoms with Crippen molar-refractivity contribution >= 4 is 5.71 Å². The molecule has 0 spiro atoms. The molecule has 0 saturated carbocycles. The zero-order valence-electron chi connectivity index (χ0n) is 7.85. The van der Waals surface area contributed by atoms with E-state index in [0.717, 1.165) is 18.6 Å². The van der Waals surface area contributed by atoms with Crippen LogP contribution in [-0.2, 0) is 4.84 Å². The van der Waals surface area contributed by atoms with Crippen molar-refractivity contribution in [2.24, 2.45) is 11.1 Å². The molecule has 1 aliphatic heterocycles. The van der Waals surface area contributed by atoms with Crippen molar-refractivity contribution in [1.82, 2.24) is 0 Å². The fraction of sp³-hybridized carbons (Fsp3) is 0.889. The van der Waals surface area contributed by atoms with Crippen molar-refractivity contribution in [2.45, 2.75) is 46.1 Å². The first-order chi connectivity index (χ1) is 5.02. The van der Waals surface area contributed by atoms with Gasteiger partial charge in [0.25, 0.3) is 0 Å². The summed E-state index contributed by atoms with van der Waals surface area (Å²) in [5.41, 5.74) is 1.10. The molecule has 1 atom stereocenters. The first kappa shape index (κ1) is 8.57. The van der Waals surface area contributed by atoms with Gasteiger partial charge in [-0.1, -0.05) is 19.0 Å². The summed E-state index contributed by atoms with van der Waals surface area (Å²) in [5, 5.41) is 3.96. The third-order valence-corrected chi connectivity index (χ3v) is 1.89. The van der Waals surface area contributed by atoms with Crippen molar-refractivity contribution in [1.29, 1.82) is 0 Å². The molecule has 2 heteroatoms. The predicted molar refractivity (Wildman–Crippen MR) is 46.7 cm³/mol. The molecule has 64 valence electrons. The largest absolute Gasteiger partial charge is 0.389 e. The van der Waals surface area contributed by atoms with Crippen LogP contribution in [0.2, 0.25) is 0 Å². The third kappa shape index (κ3) is 2.21. The maximum atomic E-state index is 5.35. The lowest BCUT2D eigenvalue weighted by molar-refractivity contribution is -0.0184. The van der Waals surface area contributed by atoms with Gasteiger partial charge in [0.05, 0.1) is 5.71 Å². The van der Waals surface area contributed by atoms with Crippen LogP contribution in [0.3, 0.4) is 0 Å². The van der Waals surface area contributed by atoms with Crippen LogP contribution in [0, 0.1) is 5.92 Å². The molecule has 11 heavy (non-hydrogen) atoms. The number of hydrogen-bond donors (Lipinski definition) is 0. The first-order valence-corrected chi connectivity index (χ1v) is 4.23. The van der Waals surface area contributed by atoms with Crippen LogP contribution in [0.25, 0.3) is 0 Å². The molecule has 0 bridgehead atoms. The number of hydrogen-bond acceptors (Lipinski definition) is 2. The summed E-state index contributed by atoms with van der Waals surface area (Å²) in [5.74, 6) is 0.682. The van der Waals surface area contributed by atoms with E-state index in [1.165, 1.54) is 0 Å². The van der Waals surface area contributed by atoms with Gasteiger partial charge in [0.15, 0.2) is 0 Å². The highest BCUT2D eigenvalue weighted by molar-refractivity contribution is 5.83. The second-order valence-electron chi connectivity index (χ2n) is 4.14. The van der Waals surface area contributed by atoms with Crippen LogP contribution >= 0.6 is 0 Å². The van der Waals surface area contributed by atoms with E-state index >= 15 is 0 Å². The molecule has 1 rings (SSSR count). The topological polar surface area (TPSA) is 21.6 Å².